The number of fused-ring (bicyclic) bond motifs is 1. The Balaban J connectivity index is 1.88. The Labute approximate surface area is 161 Å². The van der Waals surface area contributed by atoms with Gasteiger partial charge in [-0.05, 0) is 42.2 Å². The Hall–Kier alpha value is -2.40. The van der Waals surface area contributed by atoms with E-state index in [0.717, 1.165) is 44.8 Å². The summed E-state index contributed by atoms with van der Waals surface area (Å²) in [6.07, 6.45) is 4.95. The predicted molar refractivity (Wildman–Crippen MR) is 108 cm³/mol. The van der Waals surface area contributed by atoms with Crippen molar-refractivity contribution in [2.75, 3.05) is 5.32 Å². The zero-order valence-electron chi connectivity index (χ0n) is 14.8. The Morgan fingerprint density at radius 2 is 1.92 bits per heavy atom. The van der Waals surface area contributed by atoms with Crippen LogP contribution < -0.4 is 5.32 Å². The molecule has 0 unspecified atom stereocenters. The molecule has 2 N–H and O–H groups in total. The lowest BCUT2D eigenvalue weighted by Crippen LogP contribution is -2.26. The molecule has 4 nitrogen and oxygen atoms in total. The summed E-state index contributed by atoms with van der Waals surface area (Å²) in [5, 5.41) is 3.48. The summed E-state index contributed by atoms with van der Waals surface area (Å²) in [4.78, 5) is 20.6. The number of nitrogens with zero attached hydrogens (tertiary/aromatic N) is 1. The van der Waals surface area contributed by atoms with Crippen LogP contribution in [0, 0.1) is 5.41 Å². The number of carbonyl (C=O) groups excluding carboxylic acids is 1. The van der Waals surface area contributed by atoms with Gasteiger partial charge in [0.05, 0.1) is 16.9 Å². The highest BCUT2D eigenvalue weighted by Crippen LogP contribution is 2.43. The maximum Gasteiger partial charge on any atom is 0.167 e. The third-order valence-corrected chi connectivity index (χ3v) is 5.21. The predicted octanol–water partition coefficient (Wildman–Crippen LogP) is 5.74. The molecule has 1 aliphatic carbocycles. The van der Waals surface area contributed by atoms with E-state index in [1.165, 1.54) is 0 Å². The average Bonchev–Trinajstić information content (AvgIpc) is 2.93. The van der Waals surface area contributed by atoms with Gasteiger partial charge in [0.25, 0.3) is 0 Å². The van der Waals surface area contributed by atoms with Crippen molar-refractivity contribution in [2.45, 2.75) is 26.7 Å². The first-order valence-corrected chi connectivity index (χ1v) is 9.43. The van der Waals surface area contributed by atoms with Gasteiger partial charge in [-0.15, -0.1) is 0 Å². The summed E-state index contributed by atoms with van der Waals surface area (Å²) in [5.74, 6) is 0.185. The second-order valence-corrected chi connectivity index (χ2v) is 8.46. The molecular formula is C21H20BrN3O. The van der Waals surface area contributed by atoms with Crippen molar-refractivity contribution >= 4 is 33.1 Å². The largest absolute Gasteiger partial charge is 0.356 e. The van der Waals surface area contributed by atoms with Gasteiger partial charge in [0.1, 0.15) is 0 Å². The van der Waals surface area contributed by atoms with E-state index in [2.05, 4.69) is 45.1 Å². The lowest BCUT2D eigenvalue weighted by Gasteiger charge is -2.28. The van der Waals surface area contributed by atoms with Gasteiger partial charge in [-0.1, -0.05) is 35.8 Å². The molecule has 5 heteroatoms. The number of H-pyrrole nitrogens is 1. The van der Waals surface area contributed by atoms with Crippen LogP contribution in [0.1, 0.15) is 36.3 Å². The van der Waals surface area contributed by atoms with Crippen LogP contribution in [0.2, 0.25) is 0 Å². The van der Waals surface area contributed by atoms with Crippen LogP contribution >= 0.6 is 15.9 Å². The Morgan fingerprint density at radius 3 is 2.65 bits per heavy atom. The van der Waals surface area contributed by atoms with Gasteiger partial charge in [-0.2, -0.15) is 0 Å². The Morgan fingerprint density at radius 1 is 1.15 bits per heavy atom. The molecule has 3 aromatic rings. The molecule has 0 radical (unpaired) electrons. The van der Waals surface area contributed by atoms with Gasteiger partial charge in [-0.3, -0.25) is 9.78 Å². The van der Waals surface area contributed by atoms with Crippen molar-refractivity contribution in [1.29, 1.82) is 0 Å². The molecule has 4 rings (SSSR count). The fourth-order valence-corrected chi connectivity index (χ4v) is 4.03. The number of pyridine rings is 1. The lowest BCUT2D eigenvalue weighted by atomic mass is 9.76. The van der Waals surface area contributed by atoms with E-state index in [0.29, 0.717) is 6.42 Å². The topological polar surface area (TPSA) is 57.8 Å². The quantitative estimate of drug-likeness (QED) is 0.579. The average molecular weight is 410 g/mol. The van der Waals surface area contributed by atoms with Crippen LogP contribution in [0.15, 0.2) is 53.3 Å². The molecule has 0 amide bonds. The number of halogens is 1. The van der Waals surface area contributed by atoms with Crippen molar-refractivity contribution in [3.63, 3.8) is 0 Å². The van der Waals surface area contributed by atoms with E-state index in [1.54, 1.807) is 12.4 Å². The van der Waals surface area contributed by atoms with E-state index in [1.807, 2.05) is 36.4 Å². The number of anilines is 2. The van der Waals surface area contributed by atoms with Crippen LogP contribution in [0.3, 0.4) is 0 Å². The number of nitrogens with one attached hydrogen (secondary N) is 2. The van der Waals surface area contributed by atoms with Crippen molar-refractivity contribution in [3.8, 4) is 11.3 Å². The number of Topliss-reactive ketones (excluding diaryl/α,β-unsaturated/α-hetero) is 1. The molecule has 0 bridgehead atoms. The molecule has 0 spiro atoms. The third kappa shape index (κ3) is 3.19. The summed E-state index contributed by atoms with van der Waals surface area (Å²) < 4.78 is 0.991. The highest BCUT2D eigenvalue weighted by atomic mass is 79.9. The smallest absolute Gasteiger partial charge is 0.167 e. The fraction of sp³-hybridized carbons (Fsp3) is 0.238. The van der Waals surface area contributed by atoms with E-state index in [9.17, 15) is 4.79 Å². The first-order valence-electron chi connectivity index (χ1n) is 8.64. The maximum atomic E-state index is 12.9. The first-order chi connectivity index (χ1) is 12.4. The summed E-state index contributed by atoms with van der Waals surface area (Å²) in [6.45, 7) is 4.28. The summed E-state index contributed by atoms with van der Waals surface area (Å²) in [6, 6.07) is 11.9. The van der Waals surface area contributed by atoms with E-state index < -0.39 is 0 Å². The normalized spacial score (nSPS) is 15.6. The number of rotatable bonds is 3. The molecule has 0 atom stereocenters. The number of carbonyl (C=O) groups is 1. The fourth-order valence-electron chi connectivity index (χ4n) is 3.63. The minimum Gasteiger partial charge on any atom is -0.356 e. The second-order valence-electron chi connectivity index (χ2n) is 7.54. The zero-order valence-corrected chi connectivity index (χ0v) is 16.4. The van der Waals surface area contributed by atoms with E-state index in [4.69, 9.17) is 0 Å². The number of ketones is 1. The van der Waals surface area contributed by atoms with Gasteiger partial charge < -0.3 is 10.3 Å². The van der Waals surface area contributed by atoms with Gasteiger partial charge in [0.15, 0.2) is 5.78 Å². The van der Waals surface area contributed by atoms with Gasteiger partial charge in [0, 0.05) is 40.2 Å². The zero-order chi connectivity index (χ0) is 18.3. The van der Waals surface area contributed by atoms with Gasteiger partial charge >= 0.3 is 0 Å². The van der Waals surface area contributed by atoms with Crippen molar-refractivity contribution in [3.05, 3.63) is 64.5 Å². The molecule has 0 fully saturated rings. The van der Waals surface area contributed by atoms with Crippen molar-refractivity contribution < 1.29 is 4.79 Å². The molecule has 26 heavy (non-hydrogen) atoms. The highest BCUT2D eigenvalue weighted by molar-refractivity contribution is 9.10. The third-order valence-electron chi connectivity index (χ3n) is 4.71. The number of aromatic amines is 1. The standard InChI is InChI=1S/C21H20BrN3O/c1-21(2)11-16-18(17(26)12-21)20(24-15-5-3-4-14(22)10-15)19(25-16)13-6-8-23-9-7-13/h3-10,24-25H,11-12H2,1-2H3. The van der Waals surface area contributed by atoms with Crippen LogP contribution in [0.5, 0.6) is 0 Å². The molecule has 0 saturated heterocycles. The highest BCUT2D eigenvalue weighted by Gasteiger charge is 2.35. The van der Waals surface area contributed by atoms with Gasteiger partial charge in [0.2, 0.25) is 0 Å². The second kappa shape index (κ2) is 6.40. The number of aromatic nitrogens is 2. The number of hydrogen-bond donors (Lipinski definition) is 2. The van der Waals surface area contributed by atoms with E-state index in [-0.39, 0.29) is 11.2 Å². The monoisotopic (exact) mass is 409 g/mol. The van der Waals surface area contributed by atoms with Crippen LogP contribution in [-0.2, 0) is 6.42 Å². The molecule has 0 saturated carbocycles. The summed E-state index contributed by atoms with van der Waals surface area (Å²) >= 11 is 3.51. The molecule has 1 aliphatic rings. The summed E-state index contributed by atoms with van der Waals surface area (Å²) in [7, 11) is 0. The molecule has 2 aromatic heterocycles. The van der Waals surface area contributed by atoms with Crippen LogP contribution in [0.4, 0.5) is 11.4 Å². The number of hydrogen-bond acceptors (Lipinski definition) is 3. The molecule has 0 aliphatic heterocycles. The van der Waals surface area contributed by atoms with Crippen molar-refractivity contribution in [2.24, 2.45) is 5.41 Å². The molecule has 132 valence electrons. The first kappa shape index (κ1) is 17.0. The molecule has 1 aromatic carbocycles. The van der Waals surface area contributed by atoms with Crippen LogP contribution in [-0.4, -0.2) is 15.8 Å². The minimum atomic E-state index is -0.0303. The Bertz CT molecular complexity index is 976. The minimum absolute atomic E-state index is 0.0303. The maximum absolute atomic E-state index is 12.9. The SMILES string of the molecule is CC1(C)CC(=O)c2c([nH]c(-c3ccncc3)c2Nc2cccc(Br)c2)C1. The lowest BCUT2D eigenvalue weighted by molar-refractivity contribution is 0.0912. The summed E-state index contributed by atoms with van der Waals surface area (Å²) in [5.41, 5.74) is 5.50. The van der Waals surface area contributed by atoms with Gasteiger partial charge in [-0.25, -0.2) is 0 Å². The van der Waals surface area contributed by atoms with Crippen molar-refractivity contribution in [1.82, 2.24) is 9.97 Å². The molecular weight excluding hydrogens is 390 g/mol. The number of benzene rings is 1. The Kier molecular flexibility index (Phi) is 4.19. The van der Waals surface area contributed by atoms with Crippen LogP contribution in [0.25, 0.3) is 11.3 Å². The molecule has 2 heterocycles. The van der Waals surface area contributed by atoms with E-state index >= 15 is 0 Å².